The van der Waals surface area contributed by atoms with E-state index in [1.165, 1.54) is 11.8 Å². The predicted molar refractivity (Wildman–Crippen MR) is 64.9 cm³/mol. The van der Waals surface area contributed by atoms with Crippen molar-refractivity contribution in [2.24, 2.45) is 0 Å². The van der Waals surface area contributed by atoms with Crippen LogP contribution in [0.15, 0.2) is 34.4 Å². The zero-order valence-electron chi connectivity index (χ0n) is 8.94. The number of halogens is 1. The molecule has 0 atom stereocenters. The van der Waals surface area contributed by atoms with Gasteiger partial charge >= 0.3 is 0 Å². The summed E-state index contributed by atoms with van der Waals surface area (Å²) in [7, 11) is 0. The SMILES string of the molecule is Cc1c(Cl)nnc(Sc2ccccn2)c1C. The van der Waals surface area contributed by atoms with Gasteiger partial charge in [-0.1, -0.05) is 17.7 Å². The highest BCUT2D eigenvalue weighted by Gasteiger charge is 2.09. The molecule has 16 heavy (non-hydrogen) atoms. The topological polar surface area (TPSA) is 38.7 Å². The van der Waals surface area contributed by atoms with Gasteiger partial charge in [-0.3, -0.25) is 0 Å². The van der Waals surface area contributed by atoms with Gasteiger partial charge in [0.15, 0.2) is 5.15 Å². The van der Waals surface area contributed by atoms with E-state index in [0.29, 0.717) is 5.15 Å². The first-order valence-electron chi connectivity index (χ1n) is 4.76. The predicted octanol–water partition coefficient (Wildman–Crippen LogP) is 3.29. The van der Waals surface area contributed by atoms with Crippen LogP contribution in [0, 0.1) is 13.8 Å². The molecule has 0 spiro atoms. The minimum absolute atomic E-state index is 0.461. The molecule has 2 heterocycles. The second-order valence-electron chi connectivity index (χ2n) is 3.32. The lowest BCUT2D eigenvalue weighted by atomic mass is 10.2. The molecule has 0 bridgehead atoms. The molecule has 5 heteroatoms. The molecule has 0 unspecified atom stereocenters. The van der Waals surface area contributed by atoms with Crippen LogP contribution in [-0.2, 0) is 0 Å². The van der Waals surface area contributed by atoms with Gasteiger partial charge in [-0.15, -0.1) is 10.2 Å². The summed E-state index contributed by atoms with van der Waals surface area (Å²) in [5, 5.41) is 10.2. The van der Waals surface area contributed by atoms with E-state index in [1.807, 2.05) is 32.0 Å². The zero-order valence-corrected chi connectivity index (χ0v) is 10.5. The van der Waals surface area contributed by atoms with Crippen LogP contribution in [0.1, 0.15) is 11.1 Å². The third-order valence-corrected chi connectivity index (χ3v) is 3.65. The zero-order chi connectivity index (χ0) is 11.5. The molecule has 82 valence electrons. The Balaban J connectivity index is 2.33. The van der Waals surface area contributed by atoms with Gasteiger partial charge in [0.1, 0.15) is 10.1 Å². The maximum atomic E-state index is 5.89. The quantitative estimate of drug-likeness (QED) is 0.821. The summed E-state index contributed by atoms with van der Waals surface area (Å²) in [5.74, 6) is 0. The van der Waals surface area contributed by atoms with Crippen molar-refractivity contribution in [2.45, 2.75) is 23.9 Å². The maximum Gasteiger partial charge on any atom is 0.154 e. The molecule has 0 amide bonds. The molecule has 0 aliphatic rings. The van der Waals surface area contributed by atoms with Crippen LogP contribution in [0.5, 0.6) is 0 Å². The summed E-state index contributed by atoms with van der Waals surface area (Å²) in [4.78, 5) is 4.23. The summed E-state index contributed by atoms with van der Waals surface area (Å²) < 4.78 is 0. The van der Waals surface area contributed by atoms with Crippen molar-refractivity contribution < 1.29 is 0 Å². The smallest absolute Gasteiger partial charge is 0.154 e. The third-order valence-electron chi connectivity index (χ3n) is 2.26. The Hall–Kier alpha value is -1.13. The molecule has 2 aromatic rings. The van der Waals surface area contributed by atoms with Gasteiger partial charge in [0, 0.05) is 6.20 Å². The van der Waals surface area contributed by atoms with E-state index in [2.05, 4.69) is 15.2 Å². The molecule has 0 N–H and O–H groups in total. The monoisotopic (exact) mass is 251 g/mol. The first-order valence-corrected chi connectivity index (χ1v) is 5.96. The Bertz CT molecular complexity index is 502. The summed E-state index contributed by atoms with van der Waals surface area (Å²) in [6, 6.07) is 5.77. The Morgan fingerprint density at radius 1 is 1.12 bits per heavy atom. The number of nitrogens with zero attached hydrogens (tertiary/aromatic N) is 3. The van der Waals surface area contributed by atoms with Crippen LogP contribution in [0.4, 0.5) is 0 Å². The lowest BCUT2D eigenvalue weighted by Crippen LogP contribution is -1.95. The number of aromatic nitrogens is 3. The minimum Gasteiger partial charge on any atom is -0.250 e. The van der Waals surface area contributed by atoms with Crippen LogP contribution in [0.3, 0.4) is 0 Å². The fourth-order valence-electron chi connectivity index (χ4n) is 1.16. The molecule has 2 rings (SSSR count). The molecule has 0 saturated heterocycles. The molecule has 0 fully saturated rings. The highest BCUT2D eigenvalue weighted by atomic mass is 35.5. The fraction of sp³-hybridized carbons (Fsp3) is 0.182. The van der Waals surface area contributed by atoms with E-state index in [-0.39, 0.29) is 0 Å². The van der Waals surface area contributed by atoms with Crippen LogP contribution < -0.4 is 0 Å². The summed E-state index contributed by atoms with van der Waals surface area (Å²) >= 11 is 7.38. The third kappa shape index (κ3) is 2.33. The van der Waals surface area contributed by atoms with Crippen molar-refractivity contribution in [2.75, 3.05) is 0 Å². The van der Waals surface area contributed by atoms with Crippen LogP contribution >= 0.6 is 23.4 Å². The molecule has 2 aromatic heterocycles. The maximum absolute atomic E-state index is 5.89. The van der Waals surface area contributed by atoms with Gasteiger partial charge in [-0.25, -0.2) is 4.98 Å². The lowest BCUT2D eigenvalue weighted by molar-refractivity contribution is 0.889. The standard InChI is InChI=1S/C11H10ClN3S/c1-7-8(2)11(15-14-10(7)12)16-9-5-3-4-6-13-9/h3-6H,1-2H3. The highest BCUT2D eigenvalue weighted by molar-refractivity contribution is 7.99. The first kappa shape index (κ1) is 11.4. The van der Waals surface area contributed by atoms with Crippen molar-refractivity contribution >= 4 is 23.4 Å². The average molecular weight is 252 g/mol. The van der Waals surface area contributed by atoms with Crippen molar-refractivity contribution in [3.05, 3.63) is 40.7 Å². The molecule has 0 aromatic carbocycles. The molecule has 0 aliphatic heterocycles. The van der Waals surface area contributed by atoms with Gasteiger partial charge in [0.2, 0.25) is 0 Å². The molecule has 3 nitrogen and oxygen atoms in total. The Kier molecular flexibility index (Phi) is 3.41. The van der Waals surface area contributed by atoms with Crippen LogP contribution in [0.25, 0.3) is 0 Å². The number of hydrogen-bond acceptors (Lipinski definition) is 4. The largest absolute Gasteiger partial charge is 0.250 e. The Morgan fingerprint density at radius 2 is 1.94 bits per heavy atom. The van der Waals surface area contributed by atoms with Crippen molar-refractivity contribution in [1.82, 2.24) is 15.2 Å². The molecular weight excluding hydrogens is 242 g/mol. The van der Waals surface area contributed by atoms with E-state index < -0.39 is 0 Å². The molecule has 0 saturated carbocycles. The summed E-state index contributed by atoms with van der Waals surface area (Å²) in [6.07, 6.45) is 1.76. The summed E-state index contributed by atoms with van der Waals surface area (Å²) in [5.41, 5.74) is 2.02. The number of pyridine rings is 1. The van der Waals surface area contributed by atoms with Crippen molar-refractivity contribution in [3.63, 3.8) is 0 Å². The van der Waals surface area contributed by atoms with Crippen LogP contribution in [-0.4, -0.2) is 15.2 Å². The van der Waals surface area contributed by atoms with Gasteiger partial charge in [-0.2, -0.15) is 0 Å². The fourth-order valence-corrected chi connectivity index (χ4v) is 2.18. The second kappa shape index (κ2) is 4.80. The van der Waals surface area contributed by atoms with Gasteiger partial charge in [0.05, 0.1) is 0 Å². The number of hydrogen-bond donors (Lipinski definition) is 0. The second-order valence-corrected chi connectivity index (χ2v) is 4.68. The Labute approximate surface area is 103 Å². The Morgan fingerprint density at radius 3 is 2.62 bits per heavy atom. The normalized spacial score (nSPS) is 10.4. The van der Waals surface area contributed by atoms with E-state index in [4.69, 9.17) is 11.6 Å². The lowest BCUT2D eigenvalue weighted by Gasteiger charge is -2.06. The highest BCUT2D eigenvalue weighted by Crippen LogP contribution is 2.29. The first-order chi connectivity index (χ1) is 7.68. The van der Waals surface area contributed by atoms with E-state index in [0.717, 1.165) is 21.2 Å². The average Bonchev–Trinajstić information content (AvgIpc) is 2.31. The molecular formula is C11H10ClN3S. The molecule has 0 aliphatic carbocycles. The van der Waals surface area contributed by atoms with E-state index in [1.54, 1.807) is 6.20 Å². The van der Waals surface area contributed by atoms with Crippen molar-refractivity contribution in [1.29, 1.82) is 0 Å². The van der Waals surface area contributed by atoms with Crippen molar-refractivity contribution in [3.8, 4) is 0 Å². The minimum atomic E-state index is 0.461. The van der Waals surface area contributed by atoms with E-state index in [9.17, 15) is 0 Å². The molecule has 0 radical (unpaired) electrons. The van der Waals surface area contributed by atoms with E-state index >= 15 is 0 Å². The van der Waals surface area contributed by atoms with Gasteiger partial charge in [-0.05, 0) is 48.9 Å². The van der Waals surface area contributed by atoms with Gasteiger partial charge < -0.3 is 0 Å². The summed E-state index contributed by atoms with van der Waals surface area (Å²) in [6.45, 7) is 3.93. The number of rotatable bonds is 2. The van der Waals surface area contributed by atoms with Gasteiger partial charge in [0.25, 0.3) is 0 Å². The van der Waals surface area contributed by atoms with Crippen LogP contribution in [0.2, 0.25) is 5.15 Å².